The van der Waals surface area contributed by atoms with Crippen LogP contribution in [0.1, 0.15) is 11.3 Å². The predicted molar refractivity (Wildman–Crippen MR) is 77.8 cm³/mol. The highest BCUT2D eigenvalue weighted by atomic mass is 16.6. The van der Waals surface area contributed by atoms with Gasteiger partial charge in [0.1, 0.15) is 11.4 Å². The van der Waals surface area contributed by atoms with Crippen LogP contribution in [0.5, 0.6) is 0 Å². The lowest BCUT2D eigenvalue weighted by molar-refractivity contribution is -0.384. The van der Waals surface area contributed by atoms with E-state index in [0.29, 0.717) is 23.7 Å². The quantitative estimate of drug-likeness (QED) is 0.569. The van der Waals surface area contributed by atoms with Crippen LogP contribution in [-0.2, 0) is 13.1 Å². The molecule has 0 aliphatic carbocycles. The van der Waals surface area contributed by atoms with E-state index in [4.69, 9.17) is 10.2 Å². The smallest absolute Gasteiger partial charge is 0.269 e. The van der Waals surface area contributed by atoms with Crippen molar-refractivity contribution >= 4 is 5.69 Å². The van der Waals surface area contributed by atoms with Crippen LogP contribution in [0.3, 0.4) is 0 Å². The monoisotopic (exact) mass is 299 g/mol. The van der Waals surface area contributed by atoms with Crippen molar-refractivity contribution in [1.82, 2.24) is 15.0 Å². The highest BCUT2D eigenvalue weighted by Gasteiger charge is 2.16. The van der Waals surface area contributed by atoms with Crippen LogP contribution < -0.4 is 5.73 Å². The topological polar surface area (TPSA) is 113 Å². The summed E-state index contributed by atoms with van der Waals surface area (Å²) in [6, 6.07) is 9.88. The number of aromatic nitrogens is 3. The van der Waals surface area contributed by atoms with Crippen molar-refractivity contribution in [3.63, 3.8) is 0 Å². The highest BCUT2D eigenvalue weighted by molar-refractivity contribution is 5.55. The number of non-ortho nitro benzene ring substituents is 1. The molecule has 0 atom stereocenters. The van der Waals surface area contributed by atoms with Gasteiger partial charge >= 0.3 is 0 Å². The molecule has 8 heteroatoms. The van der Waals surface area contributed by atoms with Gasteiger partial charge in [0.2, 0.25) is 0 Å². The van der Waals surface area contributed by atoms with Gasteiger partial charge in [0, 0.05) is 18.7 Å². The molecule has 0 aliphatic heterocycles. The maximum atomic E-state index is 10.7. The summed E-state index contributed by atoms with van der Waals surface area (Å²) in [5.74, 6) is 0.632. The van der Waals surface area contributed by atoms with Gasteiger partial charge in [-0.15, -0.1) is 5.10 Å². The Morgan fingerprint density at radius 3 is 2.64 bits per heavy atom. The Balaban J connectivity index is 1.92. The zero-order valence-corrected chi connectivity index (χ0v) is 11.5. The van der Waals surface area contributed by atoms with E-state index in [-0.39, 0.29) is 12.2 Å². The molecule has 22 heavy (non-hydrogen) atoms. The van der Waals surface area contributed by atoms with Crippen molar-refractivity contribution in [1.29, 1.82) is 0 Å². The molecular weight excluding hydrogens is 286 g/mol. The van der Waals surface area contributed by atoms with Gasteiger partial charge in [-0.1, -0.05) is 17.3 Å². The fraction of sp³-hybridized carbons (Fsp3) is 0.143. The zero-order valence-electron chi connectivity index (χ0n) is 11.5. The van der Waals surface area contributed by atoms with Crippen molar-refractivity contribution in [3.8, 4) is 11.5 Å². The lowest BCUT2D eigenvalue weighted by atomic mass is 10.2. The van der Waals surface area contributed by atoms with Crippen LogP contribution in [0.25, 0.3) is 11.5 Å². The Hall–Kier alpha value is -3.00. The number of rotatable bonds is 5. The second-order valence-corrected chi connectivity index (χ2v) is 4.65. The molecule has 2 aromatic heterocycles. The van der Waals surface area contributed by atoms with Crippen molar-refractivity contribution in [2.75, 3.05) is 0 Å². The van der Waals surface area contributed by atoms with Crippen molar-refractivity contribution < 1.29 is 9.34 Å². The summed E-state index contributed by atoms with van der Waals surface area (Å²) in [5.41, 5.74) is 7.95. The molecule has 1 aromatic carbocycles. The van der Waals surface area contributed by atoms with Crippen molar-refractivity contribution in [2.45, 2.75) is 13.1 Å². The van der Waals surface area contributed by atoms with Gasteiger partial charge < -0.3 is 10.2 Å². The maximum absolute atomic E-state index is 10.7. The van der Waals surface area contributed by atoms with Crippen LogP contribution in [-0.4, -0.2) is 19.9 Å². The first-order chi connectivity index (χ1) is 10.7. The molecular formula is C14H13N5O3. The fourth-order valence-corrected chi connectivity index (χ4v) is 2.18. The molecule has 2 heterocycles. The highest BCUT2D eigenvalue weighted by Crippen LogP contribution is 2.23. The summed E-state index contributed by atoms with van der Waals surface area (Å²) in [7, 11) is 0. The number of nitro groups is 1. The summed E-state index contributed by atoms with van der Waals surface area (Å²) in [6.07, 6.45) is 1.57. The van der Waals surface area contributed by atoms with E-state index in [1.54, 1.807) is 29.1 Å². The summed E-state index contributed by atoms with van der Waals surface area (Å²) in [6.45, 7) is 0.664. The van der Waals surface area contributed by atoms with E-state index in [0.717, 1.165) is 5.56 Å². The minimum atomic E-state index is -0.431. The number of furan rings is 1. The molecule has 0 amide bonds. The first-order valence-electron chi connectivity index (χ1n) is 6.58. The third-order valence-corrected chi connectivity index (χ3v) is 3.23. The Labute approximate surface area is 125 Å². The normalized spacial score (nSPS) is 10.8. The summed E-state index contributed by atoms with van der Waals surface area (Å²) in [4.78, 5) is 10.2. The van der Waals surface area contributed by atoms with Crippen LogP contribution in [0.2, 0.25) is 0 Å². The average molecular weight is 299 g/mol. The first kappa shape index (κ1) is 14.0. The largest absolute Gasteiger partial charge is 0.463 e. The predicted octanol–water partition coefficient (Wildman–Crippen LogP) is 1.95. The minimum Gasteiger partial charge on any atom is -0.463 e. The number of nitrogens with two attached hydrogens (primary N) is 1. The van der Waals surface area contributed by atoms with Crippen LogP contribution >= 0.6 is 0 Å². The van der Waals surface area contributed by atoms with Gasteiger partial charge in [-0.3, -0.25) is 10.1 Å². The SMILES string of the molecule is NCc1nnn(Cc2ccc([N+](=O)[O-])cc2)c1-c1ccco1. The summed E-state index contributed by atoms with van der Waals surface area (Å²) in [5, 5.41) is 18.8. The van der Waals surface area contributed by atoms with Gasteiger partial charge in [-0.2, -0.15) is 0 Å². The van der Waals surface area contributed by atoms with Crippen LogP contribution in [0, 0.1) is 10.1 Å². The second-order valence-electron chi connectivity index (χ2n) is 4.65. The lowest BCUT2D eigenvalue weighted by Gasteiger charge is -2.05. The van der Waals surface area contributed by atoms with E-state index < -0.39 is 4.92 Å². The Bertz CT molecular complexity index is 777. The molecule has 0 unspecified atom stereocenters. The molecule has 0 spiro atoms. The number of nitro benzene ring substituents is 1. The Morgan fingerprint density at radius 1 is 1.27 bits per heavy atom. The second kappa shape index (κ2) is 5.78. The number of hydrogen-bond acceptors (Lipinski definition) is 6. The van der Waals surface area contributed by atoms with Crippen molar-refractivity contribution in [3.05, 3.63) is 64.0 Å². The van der Waals surface area contributed by atoms with Gasteiger partial charge in [0.05, 0.1) is 17.7 Å². The molecule has 2 N–H and O–H groups in total. The Morgan fingerprint density at radius 2 is 2.05 bits per heavy atom. The number of hydrogen-bond donors (Lipinski definition) is 1. The molecule has 0 aliphatic rings. The molecule has 0 fully saturated rings. The van der Waals surface area contributed by atoms with Gasteiger partial charge in [-0.05, 0) is 17.7 Å². The van der Waals surface area contributed by atoms with E-state index in [9.17, 15) is 10.1 Å². The Kier molecular flexibility index (Phi) is 3.67. The van der Waals surface area contributed by atoms with E-state index >= 15 is 0 Å². The molecule has 0 saturated heterocycles. The lowest BCUT2D eigenvalue weighted by Crippen LogP contribution is -2.05. The molecule has 0 bridgehead atoms. The molecule has 3 aromatic rings. The van der Waals surface area contributed by atoms with E-state index in [1.165, 1.54) is 12.1 Å². The maximum Gasteiger partial charge on any atom is 0.269 e. The van der Waals surface area contributed by atoms with Crippen molar-refractivity contribution in [2.24, 2.45) is 5.73 Å². The van der Waals surface area contributed by atoms with E-state index in [2.05, 4.69) is 10.3 Å². The van der Waals surface area contributed by atoms with Crippen LogP contribution in [0.4, 0.5) is 5.69 Å². The third kappa shape index (κ3) is 2.59. The van der Waals surface area contributed by atoms with E-state index in [1.807, 2.05) is 6.07 Å². The number of nitrogens with zero attached hydrogens (tertiary/aromatic N) is 4. The third-order valence-electron chi connectivity index (χ3n) is 3.23. The zero-order chi connectivity index (χ0) is 15.5. The van der Waals surface area contributed by atoms with Gasteiger partial charge in [0.25, 0.3) is 5.69 Å². The standard InChI is InChI=1S/C14H13N5O3/c15-8-12-14(13-2-1-7-22-13)18(17-16-12)9-10-3-5-11(6-4-10)19(20)21/h1-7H,8-9,15H2. The van der Waals surface area contributed by atoms with Gasteiger partial charge in [0.15, 0.2) is 5.76 Å². The average Bonchev–Trinajstić information content (AvgIpc) is 3.16. The first-order valence-corrected chi connectivity index (χ1v) is 6.58. The number of benzene rings is 1. The molecule has 112 valence electrons. The minimum absolute atomic E-state index is 0.0521. The summed E-state index contributed by atoms with van der Waals surface area (Å²) >= 11 is 0. The molecule has 3 rings (SSSR count). The summed E-state index contributed by atoms with van der Waals surface area (Å²) < 4.78 is 7.07. The molecule has 8 nitrogen and oxygen atoms in total. The van der Waals surface area contributed by atoms with Gasteiger partial charge in [-0.25, -0.2) is 4.68 Å². The molecule has 0 radical (unpaired) electrons. The fourth-order valence-electron chi connectivity index (χ4n) is 2.18. The van der Waals surface area contributed by atoms with Crippen LogP contribution in [0.15, 0.2) is 47.1 Å². The molecule has 0 saturated carbocycles.